The first-order valence-corrected chi connectivity index (χ1v) is 10.8. The summed E-state index contributed by atoms with van der Waals surface area (Å²) in [5.41, 5.74) is 2.78. The zero-order valence-electron chi connectivity index (χ0n) is 16.6. The lowest BCUT2D eigenvalue weighted by molar-refractivity contribution is -0.0369. The molecule has 5 heteroatoms. The summed E-state index contributed by atoms with van der Waals surface area (Å²) in [7, 11) is 0. The van der Waals surface area contributed by atoms with Crippen LogP contribution >= 0.6 is 12.0 Å². The van der Waals surface area contributed by atoms with E-state index < -0.39 is 17.6 Å². The Hall–Kier alpha value is -3.44. The predicted molar refractivity (Wildman–Crippen MR) is 126 cm³/mol. The third kappa shape index (κ3) is 3.12. The lowest BCUT2D eigenvalue weighted by Crippen LogP contribution is -2.02. The van der Waals surface area contributed by atoms with Gasteiger partial charge in [0.15, 0.2) is 12.0 Å². The minimum atomic E-state index is -4.44. The van der Waals surface area contributed by atoms with E-state index in [4.69, 9.17) is 4.18 Å². The quantitative estimate of drug-likeness (QED) is 0.252. The Morgan fingerprint density at radius 1 is 0.594 bits per heavy atom. The van der Waals surface area contributed by atoms with Crippen molar-refractivity contribution >= 4 is 33.6 Å². The fraction of sp³-hybridized carbons (Fsp3) is 0.0370. The van der Waals surface area contributed by atoms with Gasteiger partial charge in [0.05, 0.1) is 0 Å². The molecule has 0 amide bonds. The average Bonchev–Trinajstić information content (AvgIpc) is 3.13. The first-order chi connectivity index (χ1) is 15.5. The highest BCUT2D eigenvalue weighted by Gasteiger charge is 2.31. The van der Waals surface area contributed by atoms with Gasteiger partial charge in [0.2, 0.25) is 0 Å². The van der Waals surface area contributed by atoms with Gasteiger partial charge in [-0.15, -0.1) is 0 Å². The van der Waals surface area contributed by atoms with Crippen molar-refractivity contribution in [1.29, 1.82) is 0 Å². The van der Waals surface area contributed by atoms with E-state index in [0.29, 0.717) is 0 Å². The van der Waals surface area contributed by atoms with Gasteiger partial charge in [-0.25, -0.2) is 0 Å². The highest BCUT2D eigenvalue weighted by Crippen LogP contribution is 2.49. The van der Waals surface area contributed by atoms with Gasteiger partial charge in [-0.3, -0.25) is 0 Å². The third-order valence-electron chi connectivity index (χ3n) is 5.90. The fourth-order valence-corrected chi connectivity index (χ4v) is 4.89. The molecule has 6 rings (SSSR count). The summed E-state index contributed by atoms with van der Waals surface area (Å²) in [6.45, 7) is 0. The molecule has 0 spiro atoms. The molecule has 1 nitrogen and oxygen atoms in total. The van der Waals surface area contributed by atoms with Crippen LogP contribution in [0.25, 0.3) is 54.9 Å². The second-order valence-corrected chi connectivity index (χ2v) is 8.57. The molecule has 1 aliphatic rings. The molecule has 0 atom stereocenters. The summed E-state index contributed by atoms with van der Waals surface area (Å²) in [5.74, 6) is 0.177. The molecule has 5 aromatic carbocycles. The lowest BCUT2D eigenvalue weighted by Gasteiger charge is -2.11. The van der Waals surface area contributed by atoms with Gasteiger partial charge in [-0.2, -0.15) is 13.2 Å². The van der Waals surface area contributed by atoms with Crippen LogP contribution in [-0.4, -0.2) is 5.51 Å². The highest BCUT2D eigenvalue weighted by molar-refractivity contribution is 7.95. The van der Waals surface area contributed by atoms with Crippen LogP contribution in [0, 0.1) is 0 Å². The maximum Gasteiger partial charge on any atom is 0.479 e. The molecular formula is C27H15F3OS. The van der Waals surface area contributed by atoms with E-state index in [1.54, 1.807) is 18.2 Å². The largest absolute Gasteiger partial charge is 0.479 e. The van der Waals surface area contributed by atoms with Crippen LogP contribution in [-0.2, 0) is 0 Å². The van der Waals surface area contributed by atoms with E-state index in [1.807, 2.05) is 12.1 Å². The van der Waals surface area contributed by atoms with Crippen molar-refractivity contribution in [2.75, 3.05) is 0 Å². The molecule has 156 valence electrons. The van der Waals surface area contributed by atoms with E-state index >= 15 is 0 Å². The van der Waals surface area contributed by atoms with Crippen molar-refractivity contribution < 1.29 is 17.4 Å². The van der Waals surface area contributed by atoms with Crippen molar-refractivity contribution in [3.05, 3.63) is 91.0 Å². The molecule has 5 aromatic rings. The maximum atomic E-state index is 12.4. The predicted octanol–water partition coefficient (Wildman–Crippen LogP) is 8.85. The van der Waals surface area contributed by atoms with E-state index in [1.165, 1.54) is 33.0 Å². The van der Waals surface area contributed by atoms with E-state index in [0.717, 1.165) is 21.9 Å². The number of hydrogen-bond donors (Lipinski definition) is 0. The Morgan fingerprint density at radius 2 is 1.25 bits per heavy atom. The number of hydrogen-bond acceptors (Lipinski definition) is 2. The zero-order chi connectivity index (χ0) is 21.9. The van der Waals surface area contributed by atoms with Crippen molar-refractivity contribution in [1.82, 2.24) is 0 Å². The lowest BCUT2D eigenvalue weighted by atomic mass is 9.93. The molecule has 0 unspecified atom stereocenters. The molecule has 0 bridgehead atoms. The van der Waals surface area contributed by atoms with E-state index in [9.17, 15) is 13.2 Å². The Morgan fingerprint density at radius 3 is 2.03 bits per heavy atom. The van der Waals surface area contributed by atoms with Crippen LogP contribution < -0.4 is 4.18 Å². The Labute approximate surface area is 186 Å². The second-order valence-electron chi connectivity index (χ2n) is 7.77. The first kappa shape index (κ1) is 19.3. The van der Waals surface area contributed by atoms with Gasteiger partial charge in [0, 0.05) is 0 Å². The van der Waals surface area contributed by atoms with Crippen LogP contribution in [0.1, 0.15) is 0 Å². The Bertz CT molecular complexity index is 1490. The maximum absolute atomic E-state index is 12.4. The van der Waals surface area contributed by atoms with Gasteiger partial charge >= 0.3 is 5.51 Å². The summed E-state index contributed by atoms with van der Waals surface area (Å²) >= 11 is -0.500. The summed E-state index contributed by atoms with van der Waals surface area (Å²) in [4.78, 5) is 0. The summed E-state index contributed by atoms with van der Waals surface area (Å²) in [5, 5.41) is 4.22. The topological polar surface area (TPSA) is 9.23 Å². The van der Waals surface area contributed by atoms with Crippen LogP contribution in [0.15, 0.2) is 91.0 Å². The number of fused-ring (bicyclic) bond motifs is 4. The molecule has 0 aromatic heterocycles. The SMILES string of the molecule is FC(F)(F)SOc1ccc2cc(-c3ccc4c5c(cccc35)-c3ccccc3-4)ccc2c1. The van der Waals surface area contributed by atoms with Gasteiger partial charge in [0.1, 0.15) is 5.75 Å². The van der Waals surface area contributed by atoms with Crippen molar-refractivity contribution in [3.8, 4) is 39.1 Å². The minimum Gasteiger partial charge on any atom is -0.417 e. The average molecular weight is 444 g/mol. The van der Waals surface area contributed by atoms with Gasteiger partial charge in [-0.05, 0) is 73.1 Å². The van der Waals surface area contributed by atoms with Crippen molar-refractivity contribution in [2.24, 2.45) is 0 Å². The Kier molecular flexibility index (Phi) is 4.24. The van der Waals surface area contributed by atoms with Crippen LogP contribution in [0.5, 0.6) is 5.75 Å². The molecule has 1 aliphatic carbocycles. The number of benzene rings is 5. The summed E-state index contributed by atoms with van der Waals surface area (Å²) in [6, 6.07) is 30.2. The fourth-order valence-electron chi connectivity index (χ4n) is 4.60. The first-order valence-electron chi connectivity index (χ1n) is 10.1. The van der Waals surface area contributed by atoms with Gasteiger partial charge < -0.3 is 4.18 Å². The monoisotopic (exact) mass is 444 g/mol. The minimum absolute atomic E-state index is 0.177. The molecular weight excluding hydrogens is 429 g/mol. The third-order valence-corrected chi connectivity index (χ3v) is 6.37. The van der Waals surface area contributed by atoms with Crippen LogP contribution in [0.2, 0.25) is 0 Å². The Balaban J connectivity index is 1.44. The number of halogens is 3. The molecule has 0 N–H and O–H groups in total. The van der Waals surface area contributed by atoms with Gasteiger partial charge in [-0.1, -0.05) is 72.8 Å². The molecule has 0 saturated carbocycles. The molecule has 0 radical (unpaired) electrons. The molecule has 0 saturated heterocycles. The van der Waals surface area contributed by atoms with Crippen molar-refractivity contribution in [3.63, 3.8) is 0 Å². The van der Waals surface area contributed by atoms with E-state index in [2.05, 4.69) is 60.7 Å². The summed E-state index contributed by atoms with van der Waals surface area (Å²) in [6.07, 6.45) is 0. The molecule has 32 heavy (non-hydrogen) atoms. The molecule has 0 fully saturated rings. The summed E-state index contributed by atoms with van der Waals surface area (Å²) < 4.78 is 42.0. The number of alkyl halides is 3. The van der Waals surface area contributed by atoms with Crippen LogP contribution in [0.4, 0.5) is 13.2 Å². The molecule has 0 aliphatic heterocycles. The van der Waals surface area contributed by atoms with E-state index in [-0.39, 0.29) is 5.75 Å². The second kappa shape index (κ2) is 7.04. The van der Waals surface area contributed by atoms with Crippen molar-refractivity contribution in [2.45, 2.75) is 5.51 Å². The molecule has 0 heterocycles. The smallest absolute Gasteiger partial charge is 0.417 e. The normalized spacial score (nSPS) is 12.3. The zero-order valence-corrected chi connectivity index (χ0v) is 17.4. The standard InChI is InChI=1S/C27H15F3OS/c28-27(29,30)32-31-19-11-10-16-14-18(9-8-17(16)15-19)20-12-13-25-22-5-2-1-4-21(22)24-7-3-6-23(20)26(24)25/h1-15H. The van der Waals surface area contributed by atoms with Gasteiger partial charge in [0.25, 0.3) is 0 Å². The van der Waals surface area contributed by atoms with Crippen LogP contribution in [0.3, 0.4) is 0 Å². The number of rotatable bonds is 3. The highest BCUT2D eigenvalue weighted by atomic mass is 32.2.